The molecule has 1 unspecified atom stereocenters. The largest absolute Gasteiger partial charge is 0.444 e. The molecule has 370 valence electrons. The average Bonchev–Trinajstić information content (AvgIpc) is 4.08. The van der Waals surface area contributed by atoms with Crippen molar-refractivity contribution in [2.45, 2.75) is 90.1 Å². The number of amides is 4. The fraction of sp³-hybridized carbons (Fsp3) is 0.389. The molecule has 3 atom stereocenters. The molecule has 3 N–H and O–H groups in total. The van der Waals surface area contributed by atoms with E-state index in [0.717, 1.165) is 53.9 Å². The molecule has 0 saturated carbocycles. The van der Waals surface area contributed by atoms with Crippen molar-refractivity contribution in [3.8, 4) is 28.5 Å². The summed E-state index contributed by atoms with van der Waals surface area (Å²) < 4.78 is 11.2. The number of halogens is 1. The van der Waals surface area contributed by atoms with Gasteiger partial charge in [0.2, 0.25) is 17.7 Å². The summed E-state index contributed by atoms with van der Waals surface area (Å²) in [4.78, 5) is 65.4. The van der Waals surface area contributed by atoms with Gasteiger partial charge in [-0.2, -0.15) is 5.26 Å². The first-order valence-corrected chi connectivity index (χ1v) is 24.6. The number of nitrogens with one attached hydrogen (secondary N) is 2. The van der Waals surface area contributed by atoms with Gasteiger partial charge < -0.3 is 39.6 Å². The van der Waals surface area contributed by atoms with Crippen molar-refractivity contribution in [2.24, 2.45) is 5.41 Å². The van der Waals surface area contributed by atoms with Crippen molar-refractivity contribution in [3.05, 3.63) is 125 Å². The molecule has 4 amide bonds. The number of hydrogen-bond donors (Lipinski definition) is 3. The first kappa shape index (κ1) is 50.9. The van der Waals surface area contributed by atoms with Crippen molar-refractivity contribution in [3.63, 3.8) is 0 Å². The maximum atomic E-state index is 14.0. The van der Waals surface area contributed by atoms with Crippen LogP contribution < -0.4 is 20.4 Å². The molecule has 0 bridgehead atoms. The number of benzene rings is 4. The van der Waals surface area contributed by atoms with Crippen molar-refractivity contribution >= 4 is 63.9 Å². The molecule has 1 aromatic heterocycles. The molecular formula is C54H59ClN8O7S. The number of aromatic nitrogens is 1. The van der Waals surface area contributed by atoms with Crippen LogP contribution in [-0.2, 0) is 30.5 Å². The van der Waals surface area contributed by atoms with Gasteiger partial charge in [0, 0.05) is 37.3 Å². The molecule has 0 aliphatic carbocycles. The van der Waals surface area contributed by atoms with Crippen LogP contribution in [0.2, 0.25) is 5.02 Å². The lowest BCUT2D eigenvalue weighted by Gasteiger charge is -2.35. The highest BCUT2D eigenvalue weighted by Gasteiger charge is 2.50. The summed E-state index contributed by atoms with van der Waals surface area (Å²) in [5.74, 6) is -0.382. The number of nitriles is 1. The van der Waals surface area contributed by atoms with Gasteiger partial charge in [-0.15, -0.1) is 0 Å². The second kappa shape index (κ2) is 21.5. The summed E-state index contributed by atoms with van der Waals surface area (Å²) in [6, 6.07) is 29.3. The normalized spacial score (nSPS) is 18.9. The van der Waals surface area contributed by atoms with Gasteiger partial charge >= 0.3 is 0 Å². The van der Waals surface area contributed by atoms with Crippen LogP contribution in [0.25, 0.3) is 22.5 Å². The zero-order valence-corrected chi connectivity index (χ0v) is 42.1. The Morgan fingerprint density at radius 1 is 0.972 bits per heavy atom. The molecule has 17 heteroatoms. The van der Waals surface area contributed by atoms with Gasteiger partial charge in [0.05, 0.1) is 35.2 Å². The standard InChI is InChI=1S/C54H59ClN8O7S/c1-53(2,3)48(50(67)61-31-43(64)27-45(61)49(66)58-29-34-6-8-39(9-7-34)46-30-57-33-70-46)59-47(65)32-69-25-24-60-22-20-38(21-23-60)36-12-10-35(11-13-36)37-14-17-41(18-15-37)63-52(71)62(51(68)54(63,4)5)42-19-16-40(28-56)44(55)26-42/h6-19,26,30,33,38,43,45,48,64H,20-25,27,29,31-32H2,1-5H3,(H,58,66)(H,59,65)/t43-,45+,48?/m1/s1. The molecule has 0 spiro atoms. The van der Waals surface area contributed by atoms with Crippen LogP contribution in [0, 0.1) is 16.7 Å². The molecule has 15 nitrogen and oxygen atoms in total. The highest BCUT2D eigenvalue weighted by molar-refractivity contribution is 7.81. The minimum atomic E-state index is -0.953. The second-order valence-electron chi connectivity index (χ2n) is 20.0. The van der Waals surface area contributed by atoms with E-state index >= 15 is 0 Å². The summed E-state index contributed by atoms with van der Waals surface area (Å²) >= 11 is 12.2. The first-order valence-electron chi connectivity index (χ1n) is 23.8. The summed E-state index contributed by atoms with van der Waals surface area (Å²) in [7, 11) is 0. The molecule has 3 aliphatic heterocycles. The highest BCUT2D eigenvalue weighted by atomic mass is 35.5. The smallest absolute Gasteiger partial charge is 0.259 e. The summed E-state index contributed by atoms with van der Waals surface area (Å²) in [6.45, 7) is 12.0. The number of rotatable bonds is 15. The average molecular weight is 1000 g/mol. The van der Waals surface area contributed by atoms with E-state index in [0.29, 0.717) is 41.2 Å². The Morgan fingerprint density at radius 2 is 1.62 bits per heavy atom. The Balaban J connectivity index is 0.773. The molecule has 4 aromatic carbocycles. The van der Waals surface area contributed by atoms with E-state index in [1.807, 2.05) is 94.1 Å². The number of hydrogen-bond acceptors (Lipinski definition) is 11. The van der Waals surface area contributed by atoms with Crippen LogP contribution in [0.15, 0.2) is 108 Å². The number of aliphatic hydroxyl groups is 1. The Labute approximate surface area is 424 Å². The Bertz CT molecular complexity index is 2780. The number of nitrogens with zero attached hydrogens (tertiary/aromatic N) is 6. The molecule has 5 aromatic rings. The Kier molecular flexibility index (Phi) is 15.4. The van der Waals surface area contributed by atoms with E-state index < -0.39 is 41.0 Å². The molecule has 0 radical (unpaired) electrons. The van der Waals surface area contributed by atoms with Gasteiger partial charge in [0.25, 0.3) is 5.91 Å². The van der Waals surface area contributed by atoms with Gasteiger partial charge in [-0.1, -0.05) is 93.0 Å². The third-order valence-electron chi connectivity index (χ3n) is 13.6. The molecule has 8 rings (SSSR count). The number of thiocarbonyl (C=S) groups is 1. The number of ether oxygens (including phenoxy) is 1. The van der Waals surface area contributed by atoms with E-state index in [2.05, 4.69) is 44.8 Å². The van der Waals surface area contributed by atoms with Crippen molar-refractivity contribution in [1.29, 1.82) is 5.26 Å². The predicted octanol–water partition coefficient (Wildman–Crippen LogP) is 7.46. The number of likely N-dealkylation sites (tertiary alicyclic amines) is 2. The van der Waals surface area contributed by atoms with E-state index in [1.165, 1.54) is 21.8 Å². The second-order valence-corrected chi connectivity index (χ2v) is 20.7. The number of carbonyl (C=O) groups is 4. The maximum absolute atomic E-state index is 14.0. The SMILES string of the molecule is CC(C)(C)C(NC(=O)COCCN1CCC(c2ccc(-c3ccc(N4C(=S)N(c5ccc(C#N)c(Cl)c5)C(=O)C4(C)C)cc3)cc2)CC1)C(=O)N1C[C@H](O)C[C@H]1C(=O)NCc1ccc(-c2cnco2)cc1. The van der Waals surface area contributed by atoms with E-state index in [-0.39, 0.29) is 43.0 Å². The lowest BCUT2D eigenvalue weighted by Crippen LogP contribution is -2.58. The number of aliphatic hydroxyl groups excluding tert-OH is 1. The number of carbonyl (C=O) groups excluding carboxylic acids is 4. The van der Waals surface area contributed by atoms with Crippen molar-refractivity contribution in [1.82, 2.24) is 25.4 Å². The molecule has 3 aliphatic rings. The quantitative estimate of drug-likeness (QED) is 0.0697. The number of β-amino-alcohol motifs (C(OH)–C–C–N with tert-alkyl or cyclic N) is 1. The van der Waals surface area contributed by atoms with E-state index in [4.69, 9.17) is 33.0 Å². The van der Waals surface area contributed by atoms with Crippen LogP contribution in [0.1, 0.15) is 76.5 Å². The van der Waals surface area contributed by atoms with E-state index in [1.54, 1.807) is 24.4 Å². The zero-order chi connectivity index (χ0) is 50.6. The lowest BCUT2D eigenvalue weighted by atomic mass is 9.85. The van der Waals surface area contributed by atoms with Crippen molar-refractivity contribution in [2.75, 3.05) is 49.2 Å². The Hall–Kier alpha value is -6.48. The van der Waals surface area contributed by atoms with Gasteiger partial charge in [0.15, 0.2) is 17.3 Å². The monoisotopic (exact) mass is 998 g/mol. The first-order chi connectivity index (χ1) is 33.9. The van der Waals surface area contributed by atoms with Gasteiger partial charge in [0.1, 0.15) is 30.3 Å². The topological polar surface area (TPSA) is 185 Å². The third kappa shape index (κ3) is 11.4. The van der Waals surface area contributed by atoms with Gasteiger partial charge in [-0.25, -0.2) is 4.98 Å². The van der Waals surface area contributed by atoms with Crippen LogP contribution in [0.3, 0.4) is 0 Å². The number of piperidine rings is 1. The van der Waals surface area contributed by atoms with Gasteiger partial charge in [-0.05, 0) is 116 Å². The molecule has 3 fully saturated rings. The maximum Gasteiger partial charge on any atom is 0.259 e. The van der Waals surface area contributed by atoms with Crippen LogP contribution in [0.5, 0.6) is 0 Å². The van der Waals surface area contributed by atoms with Crippen LogP contribution in [0.4, 0.5) is 11.4 Å². The number of anilines is 2. The molecule has 4 heterocycles. The number of oxazole rings is 1. The molecular weight excluding hydrogens is 940 g/mol. The van der Waals surface area contributed by atoms with Crippen LogP contribution in [-0.4, -0.2) is 112 Å². The minimum Gasteiger partial charge on any atom is -0.444 e. The zero-order valence-electron chi connectivity index (χ0n) is 40.6. The minimum absolute atomic E-state index is 0.0146. The van der Waals surface area contributed by atoms with Crippen molar-refractivity contribution < 1.29 is 33.4 Å². The molecule has 71 heavy (non-hydrogen) atoms. The highest BCUT2D eigenvalue weighted by Crippen LogP contribution is 2.39. The van der Waals surface area contributed by atoms with Gasteiger partial charge in [-0.3, -0.25) is 24.1 Å². The summed E-state index contributed by atoms with van der Waals surface area (Å²) in [5.41, 5.74) is 5.08. The van der Waals surface area contributed by atoms with Crippen LogP contribution >= 0.6 is 23.8 Å². The molecule has 3 saturated heterocycles. The fourth-order valence-corrected chi connectivity index (χ4v) is 10.3. The third-order valence-corrected chi connectivity index (χ3v) is 14.3. The fourth-order valence-electron chi connectivity index (χ4n) is 9.56. The Morgan fingerprint density at radius 3 is 2.24 bits per heavy atom. The summed E-state index contributed by atoms with van der Waals surface area (Å²) in [5, 5.41) is 26.3. The van der Waals surface area contributed by atoms with E-state index in [9.17, 15) is 29.5 Å². The lowest BCUT2D eigenvalue weighted by molar-refractivity contribution is -0.144. The predicted molar refractivity (Wildman–Crippen MR) is 275 cm³/mol. The summed E-state index contributed by atoms with van der Waals surface area (Å²) in [6.07, 6.45) is 4.18.